The van der Waals surface area contributed by atoms with E-state index in [2.05, 4.69) is 174 Å². The first-order valence-electron chi connectivity index (χ1n) is 38.5. The lowest BCUT2D eigenvalue weighted by Gasteiger charge is -2.11. The first-order valence-corrected chi connectivity index (χ1v) is 40.1. The Bertz CT molecular complexity index is 7250. The molecule has 0 amide bonds. The van der Waals surface area contributed by atoms with E-state index in [4.69, 9.17) is 59.8 Å². The number of rotatable bonds is 14. The Morgan fingerprint density at radius 1 is 0.171 bits per heavy atom. The minimum atomic E-state index is 0.605. The van der Waals surface area contributed by atoms with E-state index in [1.165, 1.54) is 26.5 Å². The highest BCUT2D eigenvalue weighted by Crippen LogP contribution is 2.47. The van der Waals surface area contributed by atoms with Crippen molar-refractivity contribution in [2.24, 2.45) is 0 Å². The average molecular weight is 1530 g/mol. The van der Waals surface area contributed by atoms with E-state index in [-0.39, 0.29) is 0 Å². The summed E-state index contributed by atoms with van der Waals surface area (Å²) in [7, 11) is 0. The third kappa shape index (κ3) is 13.4. The third-order valence-electron chi connectivity index (χ3n) is 20.9. The standard InChI is InChI=1S/C54H33N7S.C48H30N6S/c1-4-16-34(17-5-1)49-55-50(35-18-6-2-7-19-35)58-53(57-49)42-25-15-29-46-47(42)41-24-14-26-43(48(41)62-46)54-59-51(36-20-8-3-9-21-36)56-52(60-54)37-30-32-38(33-31-37)61-44-27-12-10-22-39(44)40-23-11-13-28-45(40)61;1-5-16-31(17-6-1)43-49-44(32-18-7-2-8-19-32)52-47(51-43)36-25-13-24-35(30-36)37-26-14-27-38-41-39(28-15-29-40(41)55-42(37)38)48-53-45(33-20-9-3-10-21-33)50-46(54-48)34-22-11-4-12-23-34/h1-33H;1-30H. The smallest absolute Gasteiger partial charge is 0.165 e. The highest BCUT2D eigenvalue weighted by atomic mass is 32.1. The van der Waals surface area contributed by atoms with Crippen molar-refractivity contribution in [2.75, 3.05) is 0 Å². The van der Waals surface area contributed by atoms with Crippen molar-refractivity contribution in [3.63, 3.8) is 0 Å². The number of hydrogen-bond donors (Lipinski definition) is 0. The van der Waals surface area contributed by atoms with E-state index in [1.54, 1.807) is 22.7 Å². The predicted molar refractivity (Wildman–Crippen MR) is 477 cm³/mol. The second-order valence-corrected chi connectivity index (χ2v) is 30.3. The molecule has 0 aliphatic carbocycles. The molecular formula is C102H63N13S2. The van der Waals surface area contributed by atoms with Crippen LogP contribution in [0.15, 0.2) is 382 Å². The topological polar surface area (TPSA) is 160 Å². The van der Waals surface area contributed by atoms with Gasteiger partial charge in [0, 0.05) is 124 Å². The zero-order valence-corrected chi connectivity index (χ0v) is 64.1. The van der Waals surface area contributed by atoms with Crippen LogP contribution in [-0.4, -0.2) is 64.4 Å². The minimum Gasteiger partial charge on any atom is -0.309 e. The first kappa shape index (κ1) is 69.5. The zero-order chi connectivity index (χ0) is 77.5. The van der Waals surface area contributed by atoms with Gasteiger partial charge in [0.25, 0.3) is 0 Å². The molecule has 7 aromatic heterocycles. The Kier molecular flexibility index (Phi) is 18.0. The molecule has 0 aliphatic rings. The van der Waals surface area contributed by atoms with Gasteiger partial charge in [0.05, 0.1) is 11.0 Å². The Balaban J connectivity index is 0.000000147. The zero-order valence-electron chi connectivity index (χ0n) is 62.5. The Morgan fingerprint density at radius 3 is 0.786 bits per heavy atom. The molecule has 22 rings (SSSR count). The summed E-state index contributed by atoms with van der Waals surface area (Å²) < 4.78 is 6.87. The number of hydrogen-bond acceptors (Lipinski definition) is 14. The number of thiophene rings is 2. The van der Waals surface area contributed by atoms with Crippen LogP contribution in [0.1, 0.15) is 0 Å². The van der Waals surface area contributed by atoms with Gasteiger partial charge in [0.2, 0.25) is 0 Å². The normalized spacial score (nSPS) is 11.4. The Labute approximate surface area is 680 Å². The van der Waals surface area contributed by atoms with Crippen molar-refractivity contribution in [1.29, 1.82) is 0 Å². The number of nitrogens with zero attached hydrogens (tertiary/aromatic N) is 13. The molecule has 0 saturated heterocycles. The van der Waals surface area contributed by atoms with Gasteiger partial charge in [-0.1, -0.05) is 322 Å². The Hall–Kier alpha value is -15.4. The molecule has 0 aliphatic heterocycles. The summed E-state index contributed by atoms with van der Waals surface area (Å²) in [6.07, 6.45) is 0. The summed E-state index contributed by atoms with van der Waals surface area (Å²) in [5.41, 5.74) is 16.8. The summed E-state index contributed by atoms with van der Waals surface area (Å²) in [4.78, 5) is 60.6. The molecule has 15 heteroatoms. The van der Waals surface area contributed by atoms with Crippen molar-refractivity contribution >= 4 is 84.8 Å². The number of para-hydroxylation sites is 2. The van der Waals surface area contributed by atoms with Crippen LogP contribution in [0, 0.1) is 0 Å². The largest absolute Gasteiger partial charge is 0.309 e. The van der Waals surface area contributed by atoms with Crippen LogP contribution < -0.4 is 0 Å². The summed E-state index contributed by atoms with van der Waals surface area (Å²) >= 11 is 3.51. The lowest BCUT2D eigenvalue weighted by Crippen LogP contribution is -2.01. The van der Waals surface area contributed by atoms with Crippen LogP contribution >= 0.6 is 22.7 Å². The van der Waals surface area contributed by atoms with Crippen molar-refractivity contribution in [3.05, 3.63) is 382 Å². The molecule has 0 atom stereocenters. The van der Waals surface area contributed by atoms with Crippen molar-refractivity contribution in [3.8, 4) is 153 Å². The SMILES string of the molecule is c1ccc(-c2nc(-c3ccc(-n4c5ccccc5c5ccccc54)cc3)nc(-c3cccc4c3sc3cccc(-c5nc(-c6ccccc6)nc(-c6ccccc6)n5)c34)n2)cc1.c1ccc(-c2nc(-c3ccccc3)nc(-c3cccc(-c4cccc5c4sc4cccc(-c6nc(-c7ccccc7)nc(-c7ccccc7)n6)c45)c3)n2)cc1. The molecule has 117 heavy (non-hydrogen) atoms. The van der Waals surface area contributed by atoms with Gasteiger partial charge in [-0.05, 0) is 71.8 Å². The van der Waals surface area contributed by atoms with Gasteiger partial charge in [-0.3, -0.25) is 0 Å². The minimum absolute atomic E-state index is 0.605. The third-order valence-corrected chi connectivity index (χ3v) is 23.3. The van der Waals surface area contributed by atoms with Crippen molar-refractivity contribution in [2.45, 2.75) is 0 Å². The molecule has 0 saturated carbocycles. The molecule has 15 aromatic carbocycles. The summed E-state index contributed by atoms with van der Waals surface area (Å²) in [5.74, 6) is 7.52. The molecule has 13 nitrogen and oxygen atoms in total. The highest BCUT2D eigenvalue weighted by Gasteiger charge is 2.24. The van der Waals surface area contributed by atoms with Gasteiger partial charge in [0.15, 0.2) is 69.9 Å². The fraction of sp³-hybridized carbons (Fsp3) is 0. The monoisotopic (exact) mass is 1530 g/mol. The van der Waals surface area contributed by atoms with Gasteiger partial charge in [-0.25, -0.2) is 59.8 Å². The number of fused-ring (bicyclic) bond motifs is 9. The first-order chi connectivity index (χ1) is 58.0. The highest BCUT2D eigenvalue weighted by molar-refractivity contribution is 7.27. The maximum atomic E-state index is 5.23. The molecule has 0 fully saturated rings. The van der Waals surface area contributed by atoms with Crippen molar-refractivity contribution in [1.82, 2.24) is 64.4 Å². The lowest BCUT2D eigenvalue weighted by atomic mass is 9.99. The number of benzene rings is 15. The molecule has 0 radical (unpaired) electrons. The molecule has 548 valence electrons. The molecule has 0 bridgehead atoms. The van der Waals surface area contributed by atoms with Gasteiger partial charge in [-0.2, -0.15) is 0 Å². The molecule has 0 spiro atoms. The van der Waals surface area contributed by atoms with Gasteiger partial charge in [-0.15, -0.1) is 22.7 Å². The number of aromatic nitrogens is 13. The second-order valence-electron chi connectivity index (χ2n) is 28.2. The van der Waals surface area contributed by atoms with Crippen molar-refractivity contribution < 1.29 is 0 Å². The van der Waals surface area contributed by atoms with E-state index in [0.717, 1.165) is 119 Å². The quantitative estimate of drug-likeness (QED) is 0.102. The molecular weight excluding hydrogens is 1470 g/mol. The lowest BCUT2D eigenvalue weighted by molar-refractivity contribution is 1.07. The van der Waals surface area contributed by atoms with E-state index in [9.17, 15) is 0 Å². The van der Waals surface area contributed by atoms with E-state index in [1.807, 2.05) is 212 Å². The van der Waals surface area contributed by atoms with Crippen LogP contribution in [0.5, 0.6) is 0 Å². The predicted octanol–water partition coefficient (Wildman–Crippen LogP) is 25.6. The average Bonchev–Trinajstić information content (AvgIpc) is 1.62. The maximum Gasteiger partial charge on any atom is 0.165 e. The fourth-order valence-corrected chi connectivity index (χ4v) is 17.9. The molecule has 7 heterocycles. The van der Waals surface area contributed by atoms with Gasteiger partial charge in [0.1, 0.15) is 0 Å². The molecule has 0 unspecified atom stereocenters. The summed E-state index contributed by atoms with van der Waals surface area (Å²) in [6.45, 7) is 0. The van der Waals surface area contributed by atoms with Gasteiger partial charge < -0.3 is 4.57 Å². The molecule has 0 N–H and O–H groups in total. The van der Waals surface area contributed by atoms with Crippen LogP contribution in [0.25, 0.3) is 216 Å². The second kappa shape index (κ2) is 30.2. The van der Waals surface area contributed by atoms with Crippen LogP contribution in [0.2, 0.25) is 0 Å². The van der Waals surface area contributed by atoms with E-state index < -0.39 is 0 Å². The van der Waals surface area contributed by atoms with E-state index in [0.29, 0.717) is 69.9 Å². The fourth-order valence-electron chi connectivity index (χ4n) is 15.4. The van der Waals surface area contributed by atoms with Crippen LogP contribution in [-0.2, 0) is 0 Å². The summed E-state index contributed by atoms with van der Waals surface area (Å²) in [6, 6.07) is 130. The Morgan fingerprint density at radius 2 is 0.419 bits per heavy atom. The van der Waals surface area contributed by atoms with E-state index >= 15 is 0 Å². The summed E-state index contributed by atoms with van der Waals surface area (Å²) in [5, 5.41) is 6.90. The molecule has 22 aromatic rings. The maximum absolute atomic E-state index is 5.23. The van der Waals surface area contributed by atoms with Crippen LogP contribution in [0.4, 0.5) is 0 Å². The van der Waals surface area contributed by atoms with Gasteiger partial charge >= 0.3 is 0 Å². The van der Waals surface area contributed by atoms with Crippen LogP contribution in [0.3, 0.4) is 0 Å².